The second-order valence-electron chi connectivity index (χ2n) is 5.38. The number of amides is 1. The molecule has 0 unspecified atom stereocenters. The Kier molecular flexibility index (Phi) is 6.56. The first-order valence-electron chi connectivity index (χ1n) is 7.37. The van der Waals surface area contributed by atoms with Crippen LogP contribution in [0.3, 0.4) is 0 Å². The quantitative estimate of drug-likeness (QED) is 0.826. The molecule has 1 aromatic heterocycles. The topological polar surface area (TPSA) is 71.8 Å². The van der Waals surface area contributed by atoms with E-state index in [9.17, 15) is 4.79 Å². The predicted octanol–water partition coefficient (Wildman–Crippen LogP) is 2.32. The van der Waals surface area contributed by atoms with Gasteiger partial charge in [0.1, 0.15) is 0 Å². The lowest BCUT2D eigenvalue weighted by atomic mass is 10.1. The van der Waals surface area contributed by atoms with Crippen LogP contribution in [0.25, 0.3) is 0 Å². The Bertz CT molecular complexity index is 657. The number of nitrogens with zero attached hydrogens (tertiary/aromatic N) is 3. The van der Waals surface area contributed by atoms with Crippen LogP contribution < -0.4 is 10.6 Å². The monoisotopic (exact) mass is 399 g/mol. The fourth-order valence-corrected chi connectivity index (χ4v) is 3.00. The molecule has 2 heterocycles. The summed E-state index contributed by atoms with van der Waals surface area (Å²) in [6.45, 7) is 2.43. The Morgan fingerprint density at radius 2 is 2.17 bits per heavy atom. The van der Waals surface area contributed by atoms with Gasteiger partial charge in [-0.15, -0.1) is 17.5 Å². The van der Waals surface area contributed by atoms with Crippen molar-refractivity contribution in [1.29, 1.82) is 0 Å². The third-order valence-corrected chi connectivity index (χ3v) is 4.26. The molecule has 3 rings (SSSR count). The van der Waals surface area contributed by atoms with E-state index in [4.69, 9.17) is 0 Å². The maximum atomic E-state index is 12.1. The van der Waals surface area contributed by atoms with Gasteiger partial charge in [-0.3, -0.25) is 4.79 Å². The van der Waals surface area contributed by atoms with Crippen molar-refractivity contribution >= 4 is 34.2 Å². The van der Waals surface area contributed by atoms with Crippen molar-refractivity contribution in [3.63, 3.8) is 0 Å². The van der Waals surface area contributed by atoms with Crippen molar-refractivity contribution in [3.05, 3.63) is 46.2 Å². The average molecular weight is 401 g/mol. The lowest BCUT2D eigenvalue weighted by Crippen LogP contribution is -2.29. The zero-order valence-electron chi connectivity index (χ0n) is 12.5. The highest BCUT2D eigenvalue weighted by atomic mass is 79.9. The number of rotatable bonds is 4. The molecular formula is C15H19BrClN5O. The highest BCUT2D eigenvalue weighted by Gasteiger charge is 2.18. The minimum absolute atomic E-state index is 0. The molecule has 1 amide bonds. The smallest absolute Gasteiger partial charge is 0.273 e. The first-order chi connectivity index (χ1) is 10.7. The van der Waals surface area contributed by atoms with E-state index in [-0.39, 0.29) is 18.3 Å². The van der Waals surface area contributed by atoms with Crippen molar-refractivity contribution in [2.45, 2.75) is 25.4 Å². The first kappa shape index (κ1) is 17.9. The zero-order valence-corrected chi connectivity index (χ0v) is 14.9. The molecule has 0 saturated carbocycles. The third kappa shape index (κ3) is 4.76. The SMILES string of the molecule is Cl.O=C(NCc1cccc(Br)c1)c1cn(C2CCNCC2)nn1. The van der Waals surface area contributed by atoms with Gasteiger partial charge in [0.25, 0.3) is 5.91 Å². The molecule has 0 atom stereocenters. The molecule has 2 aromatic rings. The molecule has 124 valence electrons. The van der Waals surface area contributed by atoms with Crippen LogP contribution in [0, 0.1) is 0 Å². The first-order valence-corrected chi connectivity index (χ1v) is 8.17. The molecular weight excluding hydrogens is 382 g/mol. The lowest BCUT2D eigenvalue weighted by molar-refractivity contribution is 0.0946. The molecule has 0 bridgehead atoms. The van der Waals surface area contributed by atoms with Crippen molar-refractivity contribution in [1.82, 2.24) is 25.6 Å². The number of carbonyl (C=O) groups excluding carboxylic acids is 1. The van der Waals surface area contributed by atoms with Crippen molar-refractivity contribution in [2.75, 3.05) is 13.1 Å². The molecule has 0 spiro atoms. The van der Waals surface area contributed by atoms with Gasteiger partial charge in [-0.1, -0.05) is 33.3 Å². The van der Waals surface area contributed by atoms with Gasteiger partial charge in [0.2, 0.25) is 0 Å². The number of carbonyl (C=O) groups is 1. The molecule has 0 radical (unpaired) electrons. The Labute approximate surface area is 149 Å². The summed E-state index contributed by atoms with van der Waals surface area (Å²) in [5.41, 5.74) is 1.40. The second kappa shape index (κ2) is 8.42. The molecule has 0 aliphatic carbocycles. The van der Waals surface area contributed by atoms with E-state index in [0.717, 1.165) is 36.0 Å². The Balaban J connectivity index is 0.00000192. The largest absolute Gasteiger partial charge is 0.347 e. The van der Waals surface area contributed by atoms with Crippen LogP contribution in [0.15, 0.2) is 34.9 Å². The molecule has 1 aliphatic rings. The summed E-state index contributed by atoms with van der Waals surface area (Å²) >= 11 is 3.42. The predicted molar refractivity (Wildman–Crippen MR) is 93.7 cm³/mol. The van der Waals surface area contributed by atoms with Gasteiger partial charge in [-0.05, 0) is 43.6 Å². The normalized spacial score (nSPS) is 15.0. The van der Waals surface area contributed by atoms with E-state index in [0.29, 0.717) is 18.3 Å². The minimum Gasteiger partial charge on any atom is -0.347 e. The Hall–Kier alpha value is -1.44. The summed E-state index contributed by atoms with van der Waals surface area (Å²) < 4.78 is 2.81. The lowest BCUT2D eigenvalue weighted by Gasteiger charge is -2.22. The number of hydrogen-bond donors (Lipinski definition) is 2. The van der Waals surface area contributed by atoms with Crippen molar-refractivity contribution in [3.8, 4) is 0 Å². The zero-order chi connectivity index (χ0) is 15.4. The standard InChI is InChI=1S/C15H18BrN5O.ClH/c16-12-3-1-2-11(8-12)9-18-15(22)14-10-21(20-19-14)13-4-6-17-7-5-13;/h1-3,8,10,13,17H,4-7,9H2,(H,18,22);1H. The number of hydrogen-bond acceptors (Lipinski definition) is 4. The van der Waals surface area contributed by atoms with E-state index in [1.54, 1.807) is 6.20 Å². The van der Waals surface area contributed by atoms with E-state index in [1.807, 2.05) is 28.9 Å². The summed E-state index contributed by atoms with van der Waals surface area (Å²) in [6, 6.07) is 8.18. The second-order valence-corrected chi connectivity index (χ2v) is 6.29. The molecule has 1 aliphatic heterocycles. The van der Waals surface area contributed by atoms with Gasteiger partial charge in [0, 0.05) is 11.0 Å². The van der Waals surface area contributed by atoms with Gasteiger partial charge >= 0.3 is 0 Å². The highest BCUT2D eigenvalue weighted by Crippen LogP contribution is 2.17. The van der Waals surface area contributed by atoms with Crippen LogP contribution in [0.5, 0.6) is 0 Å². The Morgan fingerprint density at radius 3 is 2.91 bits per heavy atom. The summed E-state index contributed by atoms with van der Waals surface area (Å²) in [5.74, 6) is -0.194. The van der Waals surface area contributed by atoms with Gasteiger partial charge in [-0.25, -0.2) is 4.68 Å². The summed E-state index contributed by atoms with van der Waals surface area (Å²) in [5, 5.41) is 14.3. The van der Waals surface area contributed by atoms with Crippen LogP contribution in [0.2, 0.25) is 0 Å². The maximum Gasteiger partial charge on any atom is 0.273 e. The van der Waals surface area contributed by atoms with Gasteiger partial charge in [-0.2, -0.15) is 0 Å². The molecule has 1 fully saturated rings. The summed E-state index contributed by atoms with van der Waals surface area (Å²) in [6.07, 6.45) is 3.77. The van der Waals surface area contributed by atoms with Crippen LogP contribution >= 0.6 is 28.3 Å². The van der Waals surface area contributed by atoms with Crippen LogP contribution in [0.4, 0.5) is 0 Å². The molecule has 1 saturated heterocycles. The number of piperidine rings is 1. The van der Waals surface area contributed by atoms with E-state index < -0.39 is 0 Å². The van der Waals surface area contributed by atoms with Crippen molar-refractivity contribution in [2.24, 2.45) is 0 Å². The fourth-order valence-electron chi connectivity index (χ4n) is 2.55. The molecule has 1 aromatic carbocycles. The van der Waals surface area contributed by atoms with Gasteiger partial charge < -0.3 is 10.6 Å². The minimum atomic E-state index is -0.194. The summed E-state index contributed by atoms with van der Waals surface area (Å²) in [7, 11) is 0. The van der Waals surface area contributed by atoms with Gasteiger partial charge in [0.15, 0.2) is 5.69 Å². The van der Waals surface area contributed by atoms with Crippen LogP contribution in [0.1, 0.15) is 34.9 Å². The third-order valence-electron chi connectivity index (χ3n) is 3.77. The molecule has 2 N–H and O–H groups in total. The van der Waals surface area contributed by atoms with Gasteiger partial charge in [0.05, 0.1) is 12.2 Å². The molecule has 23 heavy (non-hydrogen) atoms. The fraction of sp³-hybridized carbons (Fsp3) is 0.400. The number of halogens is 2. The number of aromatic nitrogens is 3. The average Bonchev–Trinajstić information content (AvgIpc) is 3.04. The van der Waals surface area contributed by atoms with Crippen LogP contribution in [-0.4, -0.2) is 34.0 Å². The summed E-state index contributed by atoms with van der Waals surface area (Å²) in [4.78, 5) is 12.1. The number of benzene rings is 1. The van der Waals surface area contributed by atoms with Crippen molar-refractivity contribution < 1.29 is 4.79 Å². The number of nitrogens with one attached hydrogen (secondary N) is 2. The highest BCUT2D eigenvalue weighted by molar-refractivity contribution is 9.10. The van der Waals surface area contributed by atoms with Crippen LogP contribution in [-0.2, 0) is 6.54 Å². The van der Waals surface area contributed by atoms with E-state index >= 15 is 0 Å². The maximum absolute atomic E-state index is 12.1. The van der Waals surface area contributed by atoms with E-state index in [2.05, 4.69) is 36.9 Å². The van der Waals surface area contributed by atoms with E-state index in [1.165, 1.54) is 0 Å². The molecule has 8 heteroatoms. The Morgan fingerprint density at radius 1 is 1.39 bits per heavy atom. The molecule has 6 nitrogen and oxygen atoms in total.